The average Bonchev–Trinajstić information content (AvgIpc) is 3.12. The SMILES string of the molecule is C/C=C/Cc1nnc(C(=O)N2CCN3CCC[C@H]3C2)o1. The zero-order valence-corrected chi connectivity index (χ0v) is 11.8. The van der Waals surface area contributed by atoms with Gasteiger partial charge in [-0.1, -0.05) is 12.2 Å². The molecule has 0 aromatic carbocycles. The summed E-state index contributed by atoms with van der Waals surface area (Å²) >= 11 is 0. The number of carbonyl (C=O) groups excluding carboxylic acids is 1. The first-order chi connectivity index (χ1) is 9.78. The third kappa shape index (κ3) is 2.60. The van der Waals surface area contributed by atoms with Crippen molar-refractivity contribution in [3.8, 4) is 0 Å². The number of rotatable bonds is 3. The molecule has 0 spiro atoms. The highest BCUT2D eigenvalue weighted by Crippen LogP contribution is 2.22. The van der Waals surface area contributed by atoms with Crippen LogP contribution in [0.3, 0.4) is 0 Å². The van der Waals surface area contributed by atoms with Crippen LogP contribution in [0.2, 0.25) is 0 Å². The number of hydrogen-bond acceptors (Lipinski definition) is 5. The molecule has 1 atom stereocenters. The van der Waals surface area contributed by atoms with Gasteiger partial charge in [-0.15, -0.1) is 10.2 Å². The molecule has 1 amide bonds. The molecule has 2 aliphatic rings. The number of allylic oxidation sites excluding steroid dienone is 2. The number of carbonyl (C=O) groups is 1. The number of fused-ring (bicyclic) bond motifs is 1. The molecule has 3 rings (SSSR count). The van der Waals surface area contributed by atoms with Gasteiger partial charge in [-0.2, -0.15) is 0 Å². The van der Waals surface area contributed by atoms with Crippen molar-refractivity contribution in [3.05, 3.63) is 23.9 Å². The molecule has 0 N–H and O–H groups in total. The van der Waals surface area contributed by atoms with Crippen molar-refractivity contribution in [1.29, 1.82) is 0 Å². The maximum absolute atomic E-state index is 12.4. The lowest BCUT2D eigenvalue weighted by molar-refractivity contribution is 0.0532. The molecule has 2 aliphatic heterocycles. The van der Waals surface area contributed by atoms with E-state index in [0.717, 1.165) is 19.6 Å². The molecule has 6 nitrogen and oxygen atoms in total. The van der Waals surface area contributed by atoms with Crippen LogP contribution in [-0.2, 0) is 6.42 Å². The Kier molecular flexibility index (Phi) is 3.82. The van der Waals surface area contributed by atoms with E-state index in [4.69, 9.17) is 4.42 Å². The number of amides is 1. The van der Waals surface area contributed by atoms with Gasteiger partial charge in [0.25, 0.3) is 0 Å². The van der Waals surface area contributed by atoms with E-state index in [0.29, 0.717) is 18.4 Å². The average molecular weight is 276 g/mol. The fraction of sp³-hybridized carbons (Fsp3) is 0.643. The van der Waals surface area contributed by atoms with Crippen LogP contribution in [-0.4, -0.2) is 58.1 Å². The molecule has 0 unspecified atom stereocenters. The molecule has 0 aliphatic carbocycles. The summed E-state index contributed by atoms with van der Waals surface area (Å²) < 4.78 is 5.43. The van der Waals surface area contributed by atoms with Crippen molar-refractivity contribution in [3.63, 3.8) is 0 Å². The Balaban J connectivity index is 1.64. The Morgan fingerprint density at radius 1 is 1.40 bits per heavy atom. The van der Waals surface area contributed by atoms with Crippen LogP contribution in [0, 0.1) is 0 Å². The minimum absolute atomic E-state index is 0.121. The smallest absolute Gasteiger partial charge is 0.311 e. The van der Waals surface area contributed by atoms with Crippen molar-refractivity contribution in [2.45, 2.75) is 32.2 Å². The molecular weight excluding hydrogens is 256 g/mol. The van der Waals surface area contributed by atoms with Gasteiger partial charge in [0.05, 0.1) is 0 Å². The first-order valence-corrected chi connectivity index (χ1v) is 7.25. The first kappa shape index (κ1) is 13.3. The molecule has 108 valence electrons. The third-order valence-corrected chi connectivity index (χ3v) is 4.05. The molecule has 2 saturated heterocycles. The molecule has 6 heteroatoms. The van der Waals surface area contributed by atoms with Gasteiger partial charge < -0.3 is 9.32 Å². The lowest BCUT2D eigenvalue weighted by Gasteiger charge is -2.36. The standard InChI is InChI=1S/C14H20N4O2/c1-2-3-6-12-15-16-13(20-12)14(19)18-9-8-17-7-4-5-11(17)10-18/h2-3,11H,4-10H2,1H3/b3-2+/t11-/m0/s1. The molecule has 2 fully saturated rings. The van der Waals surface area contributed by atoms with Crippen molar-refractivity contribution < 1.29 is 9.21 Å². The second kappa shape index (κ2) is 5.75. The summed E-state index contributed by atoms with van der Waals surface area (Å²) in [6, 6.07) is 0.512. The van der Waals surface area contributed by atoms with Gasteiger partial charge in [0, 0.05) is 32.1 Å². The Labute approximate surface area is 118 Å². The molecule has 0 radical (unpaired) electrons. The van der Waals surface area contributed by atoms with E-state index in [1.807, 2.05) is 24.0 Å². The topological polar surface area (TPSA) is 62.5 Å². The summed E-state index contributed by atoms with van der Waals surface area (Å²) in [4.78, 5) is 16.7. The number of aromatic nitrogens is 2. The fourth-order valence-corrected chi connectivity index (χ4v) is 2.95. The Bertz CT molecular complexity index is 511. The summed E-state index contributed by atoms with van der Waals surface area (Å²) in [7, 11) is 0. The summed E-state index contributed by atoms with van der Waals surface area (Å²) in [5.74, 6) is 0.484. The highest BCUT2D eigenvalue weighted by molar-refractivity contribution is 5.89. The maximum Gasteiger partial charge on any atom is 0.311 e. The molecule has 1 aromatic rings. The zero-order chi connectivity index (χ0) is 13.9. The monoisotopic (exact) mass is 276 g/mol. The Morgan fingerprint density at radius 3 is 3.15 bits per heavy atom. The van der Waals surface area contributed by atoms with Gasteiger partial charge in [0.1, 0.15) is 0 Å². The van der Waals surface area contributed by atoms with E-state index >= 15 is 0 Å². The minimum atomic E-state index is -0.129. The molecular formula is C14H20N4O2. The van der Waals surface area contributed by atoms with Gasteiger partial charge >= 0.3 is 11.8 Å². The van der Waals surface area contributed by atoms with Crippen LogP contribution in [0.5, 0.6) is 0 Å². The van der Waals surface area contributed by atoms with E-state index in [9.17, 15) is 4.79 Å². The van der Waals surface area contributed by atoms with Crippen LogP contribution in [0.1, 0.15) is 36.3 Å². The largest absolute Gasteiger partial charge is 0.417 e. The highest BCUT2D eigenvalue weighted by atomic mass is 16.4. The van der Waals surface area contributed by atoms with Crippen LogP contribution in [0.4, 0.5) is 0 Å². The number of hydrogen-bond donors (Lipinski definition) is 0. The van der Waals surface area contributed by atoms with Crippen LogP contribution in [0.25, 0.3) is 0 Å². The van der Waals surface area contributed by atoms with E-state index < -0.39 is 0 Å². The van der Waals surface area contributed by atoms with Crippen molar-refractivity contribution in [2.24, 2.45) is 0 Å². The third-order valence-electron chi connectivity index (χ3n) is 4.05. The van der Waals surface area contributed by atoms with E-state index in [1.165, 1.54) is 19.4 Å². The van der Waals surface area contributed by atoms with Crippen LogP contribution < -0.4 is 0 Å². The van der Waals surface area contributed by atoms with Gasteiger partial charge in [0.15, 0.2) is 0 Å². The van der Waals surface area contributed by atoms with Gasteiger partial charge in [-0.05, 0) is 26.3 Å². The lowest BCUT2D eigenvalue weighted by atomic mass is 10.1. The van der Waals surface area contributed by atoms with E-state index in [1.54, 1.807) is 0 Å². The van der Waals surface area contributed by atoms with Gasteiger partial charge in [-0.25, -0.2) is 0 Å². The second-order valence-corrected chi connectivity index (χ2v) is 5.36. The van der Waals surface area contributed by atoms with Crippen LogP contribution in [0.15, 0.2) is 16.6 Å². The molecule has 20 heavy (non-hydrogen) atoms. The normalized spacial score (nSPS) is 23.4. The van der Waals surface area contributed by atoms with E-state index in [-0.39, 0.29) is 11.8 Å². The Hall–Kier alpha value is -1.69. The quantitative estimate of drug-likeness (QED) is 0.774. The number of nitrogens with zero attached hydrogens (tertiary/aromatic N) is 4. The summed E-state index contributed by atoms with van der Waals surface area (Å²) in [6.07, 6.45) is 6.85. The fourth-order valence-electron chi connectivity index (χ4n) is 2.95. The van der Waals surface area contributed by atoms with Crippen molar-refractivity contribution >= 4 is 5.91 Å². The van der Waals surface area contributed by atoms with Crippen LogP contribution >= 0.6 is 0 Å². The maximum atomic E-state index is 12.4. The van der Waals surface area contributed by atoms with E-state index in [2.05, 4.69) is 15.1 Å². The highest BCUT2D eigenvalue weighted by Gasteiger charge is 2.34. The Morgan fingerprint density at radius 2 is 2.30 bits per heavy atom. The second-order valence-electron chi connectivity index (χ2n) is 5.36. The predicted molar refractivity (Wildman–Crippen MR) is 73.3 cm³/mol. The van der Waals surface area contributed by atoms with Gasteiger partial charge in [0.2, 0.25) is 5.89 Å². The summed E-state index contributed by atoms with van der Waals surface area (Å²) in [6.45, 7) is 5.59. The lowest BCUT2D eigenvalue weighted by Crippen LogP contribution is -2.52. The van der Waals surface area contributed by atoms with Crippen molar-refractivity contribution in [1.82, 2.24) is 20.0 Å². The zero-order valence-electron chi connectivity index (χ0n) is 11.8. The molecule has 0 bridgehead atoms. The first-order valence-electron chi connectivity index (χ1n) is 7.25. The number of piperazine rings is 1. The van der Waals surface area contributed by atoms with Crippen molar-refractivity contribution in [2.75, 3.05) is 26.2 Å². The molecule has 1 aromatic heterocycles. The van der Waals surface area contributed by atoms with Gasteiger partial charge in [-0.3, -0.25) is 9.69 Å². The summed E-state index contributed by atoms with van der Waals surface area (Å²) in [5, 5.41) is 7.78. The molecule has 0 saturated carbocycles. The predicted octanol–water partition coefficient (Wildman–Crippen LogP) is 1.11. The molecule has 3 heterocycles. The summed E-state index contributed by atoms with van der Waals surface area (Å²) in [5.41, 5.74) is 0. The minimum Gasteiger partial charge on any atom is -0.417 e.